The molecule has 0 spiro atoms. The van der Waals surface area contributed by atoms with Gasteiger partial charge in [0.25, 0.3) is 0 Å². The van der Waals surface area contributed by atoms with E-state index in [1.54, 1.807) is 11.3 Å². The molecule has 0 aliphatic carbocycles. The number of H-pyrrole nitrogens is 1. The number of aromatic nitrogens is 2. The molecule has 0 saturated heterocycles. The van der Waals surface area contributed by atoms with Crippen LogP contribution < -0.4 is 0 Å². The monoisotopic (exact) mass is 208 g/mol. The topological polar surface area (TPSA) is 66.0 Å². The maximum Gasteiger partial charge on any atom is 0.339 e. The molecule has 2 N–H and O–H groups in total. The largest absolute Gasteiger partial charge is 0.478 e. The van der Waals surface area contributed by atoms with Crippen LogP contribution >= 0.6 is 11.3 Å². The molecule has 2 aromatic rings. The maximum absolute atomic E-state index is 10.8. The summed E-state index contributed by atoms with van der Waals surface area (Å²) in [6.45, 7) is 1.98. The number of aromatic carboxylic acids is 1. The van der Waals surface area contributed by atoms with Crippen LogP contribution in [0.5, 0.6) is 0 Å². The van der Waals surface area contributed by atoms with Crippen LogP contribution in [0, 0.1) is 6.92 Å². The average molecular weight is 208 g/mol. The van der Waals surface area contributed by atoms with Crippen molar-refractivity contribution >= 4 is 17.3 Å². The first-order chi connectivity index (χ1) is 6.68. The lowest BCUT2D eigenvalue weighted by Gasteiger charge is -1.93. The second-order valence-corrected chi connectivity index (χ2v) is 4.16. The molecule has 0 atom stereocenters. The van der Waals surface area contributed by atoms with Crippen molar-refractivity contribution in [2.45, 2.75) is 6.92 Å². The number of carboxylic acids is 1. The number of nitrogens with zero attached hydrogens (tertiary/aromatic N) is 1. The summed E-state index contributed by atoms with van der Waals surface area (Å²) in [5.41, 5.74) is 0.794. The lowest BCUT2D eigenvalue weighted by Crippen LogP contribution is -1.95. The molecular weight excluding hydrogens is 200 g/mol. The minimum Gasteiger partial charge on any atom is -0.478 e. The van der Waals surface area contributed by atoms with Crippen LogP contribution in [0.1, 0.15) is 15.2 Å². The highest BCUT2D eigenvalue weighted by molar-refractivity contribution is 7.15. The number of hydrogen-bond acceptors (Lipinski definition) is 3. The summed E-state index contributed by atoms with van der Waals surface area (Å²) in [5.74, 6) is -0.959. The number of aromatic amines is 1. The highest BCUT2D eigenvalue weighted by Crippen LogP contribution is 2.28. The van der Waals surface area contributed by atoms with E-state index in [1.807, 2.05) is 19.1 Å². The van der Waals surface area contributed by atoms with Gasteiger partial charge in [-0.3, -0.25) is 5.10 Å². The zero-order chi connectivity index (χ0) is 10.1. The standard InChI is InChI=1S/C9H8N2O2S/c1-5-2-3-7(14-5)8-6(9(12)13)4-10-11-8/h2-4H,1H3,(H,10,11)(H,12,13). The number of carboxylic acid groups (broad SMARTS) is 1. The molecule has 72 valence electrons. The van der Waals surface area contributed by atoms with Gasteiger partial charge in [0.05, 0.1) is 16.8 Å². The van der Waals surface area contributed by atoms with E-state index in [2.05, 4.69) is 10.2 Å². The van der Waals surface area contributed by atoms with Crippen molar-refractivity contribution in [2.75, 3.05) is 0 Å². The summed E-state index contributed by atoms with van der Waals surface area (Å²) in [6, 6.07) is 3.84. The van der Waals surface area contributed by atoms with Crippen molar-refractivity contribution in [3.05, 3.63) is 28.8 Å². The molecule has 2 heterocycles. The lowest BCUT2D eigenvalue weighted by atomic mass is 10.2. The van der Waals surface area contributed by atoms with E-state index in [0.717, 1.165) is 9.75 Å². The van der Waals surface area contributed by atoms with Crippen LogP contribution in [0.2, 0.25) is 0 Å². The first-order valence-electron chi connectivity index (χ1n) is 4.02. The number of thiophene rings is 1. The third-order valence-electron chi connectivity index (χ3n) is 1.86. The van der Waals surface area contributed by atoms with Gasteiger partial charge in [0.15, 0.2) is 0 Å². The molecule has 4 nitrogen and oxygen atoms in total. The molecule has 0 aliphatic rings. The van der Waals surface area contributed by atoms with Crippen molar-refractivity contribution < 1.29 is 9.90 Å². The quantitative estimate of drug-likeness (QED) is 0.794. The molecule has 0 amide bonds. The Labute approximate surface area is 84.2 Å². The Kier molecular flexibility index (Phi) is 2.09. The van der Waals surface area contributed by atoms with Crippen LogP contribution in [0.3, 0.4) is 0 Å². The SMILES string of the molecule is Cc1ccc(-c2[nH]ncc2C(=O)O)s1. The van der Waals surface area contributed by atoms with Crippen molar-refractivity contribution in [3.8, 4) is 10.6 Å². The first kappa shape index (κ1) is 8.96. The average Bonchev–Trinajstić information content (AvgIpc) is 2.70. The molecule has 2 rings (SSSR count). The van der Waals surface area contributed by atoms with E-state index in [0.29, 0.717) is 5.69 Å². The lowest BCUT2D eigenvalue weighted by molar-refractivity contribution is 0.0698. The van der Waals surface area contributed by atoms with Gasteiger partial charge < -0.3 is 5.11 Å². The molecule has 0 unspecified atom stereocenters. The second-order valence-electron chi connectivity index (χ2n) is 2.87. The van der Waals surface area contributed by atoms with Gasteiger partial charge in [0.2, 0.25) is 0 Å². The van der Waals surface area contributed by atoms with Crippen LogP contribution in [-0.4, -0.2) is 21.3 Å². The molecule has 0 bridgehead atoms. The minimum atomic E-state index is -0.959. The minimum absolute atomic E-state index is 0.215. The predicted molar refractivity (Wildman–Crippen MR) is 53.6 cm³/mol. The summed E-state index contributed by atoms with van der Waals surface area (Å²) in [6.07, 6.45) is 1.33. The Morgan fingerprint density at radius 1 is 1.57 bits per heavy atom. The number of hydrogen-bond donors (Lipinski definition) is 2. The normalized spacial score (nSPS) is 10.4. The predicted octanol–water partition coefficient (Wildman–Crippen LogP) is 2.14. The fourth-order valence-corrected chi connectivity index (χ4v) is 2.08. The number of aryl methyl sites for hydroxylation is 1. The van der Waals surface area contributed by atoms with E-state index < -0.39 is 5.97 Å². The van der Waals surface area contributed by atoms with E-state index >= 15 is 0 Å². The Bertz CT molecular complexity index is 473. The van der Waals surface area contributed by atoms with Gasteiger partial charge in [-0.05, 0) is 19.1 Å². The highest BCUT2D eigenvalue weighted by atomic mass is 32.1. The van der Waals surface area contributed by atoms with Crippen LogP contribution in [-0.2, 0) is 0 Å². The van der Waals surface area contributed by atoms with Crippen molar-refractivity contribution in [2.24, 2.45) is 0 Å². The van der Waals surface area contributed by atoms with Gasteiger partial charge in [-0.2, -0.15) is 5.10 Å². The van der Waals surface area contributed by atoms with Gasteiger partial charge in [0.1, 0.15) is 5.56 Å². The Hall–Kier alpha value is -1.62. The molecule has 0 fully saturated rings. The summed E-state index contributed by atoms with van der Waals surface area (Å²) in [4.78, 5) is 12.9. The van der Waals surface area contributed by atoms with E-state index in [-0.39, 0.29) is 5.56 Å². The molecule has 0 aliphatic heterocycles. The Morgan fingerprint density at radius 3 is 2.93 bits per heavy atom. The van der Waals surface area contributed by atoms with E-state index in [4.69, 9.17) is 5.11 Å². The van der Waals surface area contributed by atoms with Crippen molar-refractivity contribution in [1.29, 1.82) is 0 Å². The van der Waals surface area contributed by atoms with Crippen molar-refractivity contribution in [3.63, 3.8) is 0 Å². The summed E-state index contributed by atoms with van der Waals surface area (Å²) in [5, 5.41) is 15.3. The summed E-state index contributed by atoms with van der Waals surface area (Å²) in [7, 11) is 0. The zero-order valence-corrected chi connectivity index (χ0v) is 8.26. The van der Waals surface area contributed by atoms with Gasteiger partial charge in [0, 0.05) is 4.88 Å². The molecule has 0 saturated carbocycles. The van der Waals surface area contributed by atoms with Crippen LogP contribution in [0.25, 0.3) is 10.6 Å². The molecule has 14 heavy (non-hydrogen) atoms. The molecular formula is C9H8N2O2S. The Balaban J connectivity index is 2.51. The highest BCUT2D eigenvalue weighted by Gasteiger charge is 2.14. The smallest absolute Gasteiger partial charge is 0.339 e. The van der Waals surface area contributed by atoms with Gasteiger partial charge in [-0.25, -0.2) is 4.79 Å². The van der Waals surface area contributed by atoms with Gasteiger partial charge in [-0.15, -0.1) is 11.3 Å². The summed E-state index contributed by atoms with van der Waals surface area (Å²) >= 11 is 1.54. The maximum atomic E-state index is 10.8. The number of nitrogens with one attached hydrogen (secondary N) is 1. The van der Waals surface area contributed by atoms with Gasteiger partial charge in [-0.1, -0.05) is 0 Å². The van der Waals surface area contributed by atoms with E-state index in [1.165, 1.54) is 6.20 Å². The Morgan fingerprint density at radius 2 is 2.36 bits per heavy atom. The second kappa shape index (κ2) is 3.26. The third kappa shape index (κ3) is 1.42. The summed E-state index contributed by atoms with van der Waals surface area (Å²) < 4.78 is 0. The van der Waals surface area contributed by atoms with Crippen LogP contribution in [0.4, 0.5) is 0 Å². The fraction of sp³-hybridized carbons (Fsp3) is 0.111. The van der Waals surface area contributed by atoms with E-state index in [9.17, 15) is 4.79 Å². The molecule has 0 aromatic carbocycles. The number of rotatable bonds is 2. The zero-order valence-electron chi connectivity index (χ0n) is 7.44. The van der Waals surface area contributed by atoms with Gasteiger partial charge >= 0.3 is 5.97 Å². The number of carbonyl (C=O) groups is 1. The first-order valence-corrected chi connectivity index (χ1v) is 4.83. The van der Waals surface area contributed by atoms with Crippen molar-refractivity contribution in [1.82, 2.24) is 10.2 Å². The molecule has 5 heteroatoms. The third-order valence-corrected chi connectivity index (χ3v) is 2.87. The fourth-order valence-electron chi connectivity index (χ4n) is 1.21. The molecule has 2 aromatic heterocycles. The van der Waals surface area contributed by atoms with Crippen LogP contribution in [0.15, 0.2) is 18.3 Å². The molecule has 0 radical (unpaired) electrons.